The Morgan fingerprint density at radius 3 is 2.53 bits per heavy atom. The van der Waals surface area contributed by atoms with Crippen molar-refractivity contribution in [2.45, 2.75) is 58.8 Å². The first kappa shape index (κ1) is 22.7. The molecule has 0 nitrogen and oxygen atoms in total. The van der Waals surface area contributed by atoms with E-state index in [9.17, 15) is 0 Å². The normalized spacial score (nSPS) is 22.6. The fourth-order valence-corrected chi connectivity index (χ4v) is 6.22. The van der Waals surface area contributed by atoms with Crippen molar-refractivity contribution in [1.82, 2.24) is 0 Å². The summed E-state index contributed by atoms with van der Waals surface area (Å²) >= 11 is 0. The Morgan fingerprint density at radius 2 is 1.79 bits per heavy atom. The molecule has 2 atom stereocenters. The van der Waals surface area contributed by atoms with E-state index in [1.54, 1.807) is 0 Å². The van der Waals surface area contributed by atoms with Crippen molar-refractivity contribution < 1.29 is 0 Å². The lowest BCUT2D eigenvalue weighted by Crippen LogP contribution is -2.21. The van der Waals surface area contributed by atoms with Crippen LogP contribution in [0.5, 0.6) is 0 Å². The zero-order valence-electron chi connectivity index (χ0n) is 21.0. The maximum Gasteiger partial charge on any atom is 0.0201 e. The van der Waals surface area contributed by atoms with Crippen molar-refractivity contribution in [2.75, 3.05) is 0 Å². The molecule has 3 aliphatic rings. The summed E-state index contributed by atoms with van der Waals surface area (Å²) in [5, 5.41) is 0. The van der Waals surface area contributed by atoms with Gasteiger partial charge in [0.05, 0.1) is 0 Å². The summed E-state index contributed by atoms with van der Waals surface area (Å²) in [6, 6.07) is 18.1. The zero-order chi connectivity index (χ0) is 23.8. The van der Waals surface area contributed by atoms with Gasteiger partial charge in [0.25, 0.3) is 0 Å². The Hall–Kier alpha value is -3.12. The molecule has 0 aromatic heterocycles. The third-order valence-electron chi connectivity index (χ3n) is 7.93. The highest BCUT2D eigenvalue weighted by Crippen LogP contribution is 2.55. The summed E-state index contributed by atoms with van der Waals surface area (Å²) in [5.41, 5.74) is 15.3. The van der Waals surface area contributed by atoms with Crippen LogP contribution < -0.4 is 0 Å². The molecule has 0 heterocycles. The Kier molecular flexibility index (Phi) is 6.17. The van der Waals surface area contributed by atoms with E-state index in [1.807, 2.05) is 0 Å². The smallest absolute Gasteiger partial charge is 0.0201 e. The minimum absolute atomic E-state index is 0.299. The fourth-order valence-electron chi connectivity index (χ4n) is 6.22. The number of rotatable bonds is 6. The fraction of sp³-hybridized carbons (Fsp3) is 0.294. The molecule has 0 heteroatoms. The summed E-state index contributed by atoms with van der Waals surface area (Å²) < 4.78 is 0. The van der Waals surface area contributed by atoms with E-state index in [0.29, 0.717) is 11.8 Å². The number of hydrogen-bond acceptors (Lipinski definition) is 0. The van der Waals surface area contributed by atoms with Gasteiger partial charge >= 0.3 is 0 Å². The number of aryl methyl sites for hydroxylation is 1. The van der Waals surface area contributed by atoms with E-state index in [-0.39, 0.29) is 0 Å². The third-order valence-corrected chi connectivity index (χ3v) is 7.93. The lowest BCUT2D eigenvalue weighted by atomic mass is 9.69. The minimum Gasteiger partial charge on any atom is -0.0955 e. The molecule has 172 valence electrons. The van der Waals surface area contributed by atoms with E-state index < -0.39 is 0 Å². The van der Waals surface area contributed by atoms with Crippen LogP contribution in [0.2, 0.25) is 0 Å². The maximum absolute atomic E-state index is 4.70. The van der Waals surface area contributed by atoms with Gasteiger partial charge in [-0.05, 0) is 82.7 Å². The first-order valence-electron chi connectivity index (χ1n) is 12.9. The predicted octanol–water partition coefficient (Wildman–Crippen LogP) is 9.09. The van der Waals surface area contributed by atoms with E-state index in [1.165, 1.54) is 61.3 Å². The monoisotopic (exact) mass is 444 g/mol. The second-order valence-electron chi connectivity index (χ2n) is 10.1. The Labute approximate surface area is 205 Å². The molecule has 0 N–H and O–H groups in total. The summed E-state index contributed by atoms with van der Waals surface area (Å²) in [4.78, 5) is 0. The SMILES string of the molecule is C=C(CCC)C1=C(C)C=C2C/C(=C/C3=CCc4ccccc43)C(=C)C2C1c1ccc(CC)cc1. The van der Waals surface area contributed by atoms with Crippen LogP contribution in [0.25, 0.3) is 5.57 Å². The molecule has 5 rings (SSSR count). The molecule has 0 aliphatic heterocycles. The summed E-state index contributed by atoms with van der Waals surface area (Å²) in [6.07, 6.45) is 12.5. The zero-order valence-corrected chi connectivity index (χ0v) is 21.0. The highest BCUT2D eigenvalue weighted by Gasteiger charge is 2.41. The second kappa shape index (κ2) is 9.26. The van der Waals surface area contributed by atoms with Crippen LogP contribution in [0.15, 0.2) is 113 Å². The largest absolute Gasteiger partial charge is 0.0955 e. The van der Waals surface area contributed by atoms with Gasteiger partial charge < -0.3 is 0 Å². The predicted molar refractivity (Wildman–Crippen MR) is 147 cm³/mol. The van der Waals surface area contributed by atoms with Gasteiger partial charge in [-0.1, -0.05) is 111 Å². The van der Waals surface area contributed by atoms with E-state index in [4.69, 9.17) is 6.58 Å². The number of benzene rings is 2. The Bertz CT molecular complexity index is 1270. The van der Waals surface area contributed by atoms with Crippen molar-refractivity contribution in [2.24, 2.45) is 5.92 Å². The molecule has 0 radical (unpaired) electrons. The number of allylic oxidation sites excluding steroid dienone is 10. The van der Waals surface area contributed by atoms with Gasteiger partial charge in [0.1, 0.15) is 0 Å². The summed E-state index contributed by atoms with van der Waals surface area (Å²) in [6.45, 7) is 16.0. The molecule has 0 saturated heterocycles. The topological polar surface area (TPSA) is 0 Å². The lowest BCUT2D eigenvalue weighted by Gasteiger charge is -2.34. The number of fused-ring (bicyclic) bond motifs is 2. The molecular weight excluding hydrogens is 408 g/mol. The first-order chi connectivity index (χ1) is 16.5. The highest BCUT2D eigenvalue weighted by molar-refractivity contribution is 5.82. The molecule has 1 fully saturated rings. The lowest BCUT2D eigenvalue weighted by molar-refractivity contribution is 0.619. The van der Waals surface area contributed by atoms with Crippen LogP contribution in [0.3, 0.4) is 0 Å². The molecule has 0 bridgehead atoms. The second-order valence-corrected chi connectivity index (χ2v) is 10.1. The molecule has 34 heavy (non-hydrogen) atoms. The average molecular weight is 445 g/mol. The molecular formula is C34H36. The van der Waals surface area contributed by atoms with E-state index in [0.717, 1.165) is 32.1 Å². The average Bonchev–Trinajstić information content (AvgIpc) is 3.39. The molecule has 3 aliphatic carbocycles. The first-order valence-corrected chi connectivity index (χ1v) is 12.9. The van der Waals surface area contributed by atoms with Gasteiger partial charge in [0.15, 0.2) is 0 Å². The summed E-state index contributed by atoms with van der Waals surface area (Å²) in [5.74, 6) is 0.622. The molecule has 2 aromatic carbocycles. The van der Waals surface area contributed by atoms with Gasteiger partial charge in [-0.15, -0.1) is 0 Å². The van der Waals surface area contributed by atoms with Crippen molar-refractivity contribution in [1.29, 1.82) is 0 Å². The van der Waals surface area contributed by atoms with Crippen LogP contribution in [-0.2, 0) is 12.8 Å². The van der Waals surface area contributed by atoms with Gasteiger partial charge in [0.2, 0.25) is 0 Å². The van der Waals surface area contributed by atoms with Crippen molar-refractivity contribution >= 4 is 5.57 Å². The molecule has 1 saturated carbocycles. The maximum atomic E-state index is 4.70. The van der Waals surface area contributed by atoms with E-state index in [2.05, 4.69) is 94.1 Å². The Balaban J connectivity index is 1.56. The number of hydrogen-bond donors (Lipinski definition) is 0. The molecule has 2 unspecified atom stereocenters. The van der Waals surface area contributed by atoms with Gasteiger partial charge in [-0.25, -0.2) is 0 Å². The quantitative estimate of drug-likeness (QED) is 0.417. The van der Waals surface area contributed by atoms with Crippen LogP contribution in [0, 0.1) is 5.92 Å². The molecule has 2 aromatic rings. The van der Waals surface area contributed by atoms with E-state index >= 15 is 0 Å². The van der Waals surface area contributed by atoms with Gasteiger partial charge in [-0.2, -0.15) is 0 Å². The van der Waals surface area contributed by atoms with Gasteiger partial charge in [-0.3, -0.25) is 0 Å². The third kappa shape index (κ3) is 3.90. The highest BCUT2D eigenvalue weighted by atomic mass is 14.4. The van der Waals surface area contributed by atoms with Crippen LogP contribution in [0.1, 0.15) is 68.2 Å². The molecule has 0 spiro atoms. The minimum atomic E-state index is 0.299. The Morgan fingerprint density at radius 1 is 1.03 bits per heavy atom. The van der Waals surface area contributed by atoms with Gasteiger partial charge in [0, 0.05) is 11.8 Å². The molecule has 0 amide bonds. The van der Waals surface area contributed by atoms with Crippen molar-refractivity contribution in [3.05, 3.63) is 136 Å². The van der Waals surface area contributed by atoms with Crippen LogP contribution in [-0.4, -0.2) is 0 Å². The van der Waals surface area contributed by atoms with Crippen LogP contribution in [0.4, 0.5) is 0 Å². The summed E-state index contributed by atoms with van der Waals surface area (Å²) in [7, 11) is 0. The van der Waals surface area contributed by atoms with Crippen LogP contribution >= 0.6 is 0 Å². The van der Waals surface area contributed by atoms with Crippen molar-refractivity contribution in [3.63, 3.8) is 0 Å². The van der Waals surface area contributed by atoms with Crippen molar-refractivity contribution in [3.8, 4) is 0 Å². The standard InChI is InChI=1S/C34H36/c1-6-10-22(3)32-23(4)19-30-21-29(20-28-18-17-26-11-8-9-12-31(26)28)24(5)33(30)34(32)27-15-13-25(7-2)14-16-27/h8-9,11-16,18-20,33-34H,3,5-7,10,17,21H2,1-2,4H3/b29-20-.